The Labute approximate surface area is 156 Å². The number of carboxylic acid groups (broad SMARTS) is 1. The number of hydrogen-bond acceptors (Lipinski definition) is 6. The molecule has 9 heteroatoms. The Morgan fingerprint density at radius 1 is 1.26 bits per heavy atom. The highest BCUT2D eigenvalue weighted by atomic mass is 16.5. The zero-order valence-electron chi connectivity index (χ0n) is 14.9. The lowest BCUT2D eigenvalue weighted by Gasteiger charge is -2.22. The molecule has 1 unspecified atom stereocenters. The van der Waals surface area contributed by atoms with Gasteiger partial charge in [0.15, 0.2) is 0 Å². The van der Waals surface area contributed by atoms with Gasteiger partial charge in [-0.05, 0) is 5.56 Å². The van der Waals surface area contributed by atoms with Crippen LogP contribution in [0.2, 0.25) is 0 Å². The van der Waals surface area contributed by atoms with E-state index in [9.17, 15) is 14.4 Å². The number of methoxy groups -OCH3 is 1. The van der Waals surface area contributed by atoms with E-state index < -0.39 is 23.9 Å². The summed E-state index contributed by atoms with van der Waals surface area (Å²) in [5.74, 6) is -2.11. The molecule has 0 aliphatic carbocycles. The molecule has 1 heterocycles. The Morgan fingerprint density at radius 3 is 2.59 bits per heavy atom. The Balaban J connectivity index is 2.00. The molecule has 2 rings (SSSR count). The van der Waals surface area contributed by atoms with E-state index in [-0.39, 0.29) is 19.5 Å². The molecule has 144 valence electrons. The van der Waals surface area contributed by atoms with Crippen LogP contribution in [-0.2, 0) is 32.1 Å². The molecule has 0 spiro atoms. The van der Waals surface area contributed by atoms with Crippen molar-refractivity contribution in [2.75, 3.05) is 20.2 Å². The number of nitrogens with zero attached hydrogens (tertiary/aromatic N) is 2. The van der Waals surface area contributed by atoms with Gasteiger partial charge < -0.3 is 20.1 Å². The van der Waals surface area contributed by atoms with Crippen LogP contribution in [0.15, 0.2) is 42.9 Å². The maximum Gasteiger partial charge on any atom is 0.328 e. The molecule has 27 heavy (non-hydrogen) atoms. The lowest BCUT2D eigenvalue weighted by Crippen LogP contribution is -2.47. The van der Waals surface area contributed by atoms with Crippen LogP contribution < -0.4 is 5.32 Å². The Morgan fingerprint density at radius 2 is 2.00 bits per heavy atom. The second-order valence-corrected chi connectivity index (χ2v) is 5.93. The molecule has 0 radical (unpaired) electrons. The first-order valence-electron chi connectivity index (χ1n) is 8.31. The van der Waals surface area contributed by atoms with Gasteiger partial charge in [-0.3, -0.25) is 14.5 Å². The molecule has 3 N–H and O–H groups in total. The summed E-state index contributed by atoms with van der Waals surface area (Å²) in [4.78, 5) is 43.8. The molecule has 1 aromatic carbocycles. The number of aliphatic carboxylic acids is 1. The minimum atomic E-state index is -1.04. The van der Waals surface area contributed by atoms with Crippen LogP contribution in [0, 0.1) is 0 Å². The predicted octanol–water partition coefficient (Wildman–Crippen LogP) is 0.197. The highest BCUT2D eigenvalue weighted by Crippen LogP contribution is 2.05. The molecule has 2 aromatic rings. The van der Waals surface area contributed by atoms with Gasteiger partial charge in [-0.15, -0.1) is 0 Å². The third kappa shape index (κ3) is 6.90. The van der Waals surface area contributed by atoms with Crippen molar-refractivity contribution in [2.45, 2.75) is 19.0 Å². The summed E-state index contributed by atoms with van der Waals surface area (Å²) in [5.41, 5.74) is 1.48. The number of rotatable bonds is 10. The number of esters is 1. The van der Waals surface area contributed by atoms with Gasteiger partial charge in [0.2, 0.25) is 5.91 Å². The summed E-state index contributed by atoms with van der Waals surface area (Å²) < 4.78 is 4.73. The number of imidazole rings is 1. The first-order valence-corrected chi connectivity index (χ1v) is 8.31. The summed E-state index contributed by atoms with van der Waals surface area (Å²) in [6, 6.07) is 8.32. The van der Waals surface area contributed by atoms with E-state index in [0.717, 1.165) is 5.56 Å². The summed E-state index contributed by atoms with van der Waals surface area (Å²) in [7, 11) is 1.23. The van der Waals surface area contributed by atoms with E-state index in [1.165, 1.54) is 18.3 Å². The smallest absolute Gasteiger partial charge is 0.328 e. The lowest BCUT2D eigenvalue weighted by molar-refractivity contribution is -0.145. The van der Waals surface area contributed by atoms with E-state index >= 15 is 0 Å². The largest absolute Gasteiger partial charge is 0.480 e. The number of carbonyl (C=O) groups is 3. The third-order valence-corrected chi connectivity index (χ3v) is 3.76. The average molecular weight is 374 g/mol. The zero-order chi connectivity index (χ0) is 19.6. The number of carbonyl (C=O) groups excluding carboxylic acids is 2. The number of nitrogens with one attached hydrogen (secondary N) is 2. The number of H-pyrrole nitrogens is 1. The first kappa shape index (κ1) is 20.1. The molecule has 0 fully saturated rings. The predicted molar refractivity (Wildman–Crippen MR) is 95.6 cm³/mol. The molecule has 1 aromatic heterocycles. The van der Waals surface area contributed by atoms with Crippen molar-refractivity contribution in [2.24, 2.45) is 0 Å². The maximum atomic E-state index is 12.4. The summed E-state index contributed by atoms with van der Waals surface area (Å²) in [6.45, 7) is -0.178. The number of aromatic amines is 1. The lowest BCUT2D eigenvalue weighted by atomic mass is 10.1. The van der Waals surface area contributed by atoms with E-state index in [1.807, 2.05) is 30.3 Å². The van der Waals surface area contributed by atoms with Gasteiger partial charge in [-0.1, -0.05) is 30.3 Å². The molecule has 0 aliphatic heterocycles. The minimum Gasteiger partial charge on any atom is -0.480 e. The fraction of sp³-hybridized carbons (Fsp3) is 0.333. The van der Waals surface area contributed by atoms with E-state index in [0.29, 0.717) is 12.2 Å². The number of ether oxygens (including phenoxy) is 1. The van der Waals surface area contributed by atoms with E-state index in [2.05, 4.69) is 15.3 Å². The molecule has 0 bridgehead atoms. The van der Waals surface area contributed by atoms with Gasteiger partial charge in [-0.25, -0.2) is 9.78 Å². The van der Waals surface area contributed by atoms with Crippen molar-refractivity contribution in [1.29, 1.82) is 0 Å². The zero-order valence-corrected chi connectivity index (χ0v) is 14.9. The van der Waals surface area contributed by atoms with Gasteiger partial charge in [0, 0.05) is 19.2 Å². The number of aromatic nitrogens is 2. The van der Waals surface area contributed by atoms with Crippen LogP contribution in [0.4, 0.5) is 0 Å². The number of amides is 1. The number of carboxylic acids is 1. The fourth-order valence-corrected chi connectivity index (χ4v) is 2.59. The van der Waals surface area contributed by atoms with Gasteiger partial charge >= 0.3 is 11.9 Å². The van der Waals surface area contributed by atoms with Gasteiger partial charge in [0.05, 0.1) is 32.2 Å². The summed E-state index contributed by atoms with van der Waals surface area (Å²) in [6.07, 6.45) is 3.26. The fourth-order valence-electron chi connectivity index (χ4n) is 2.59. The average Bonchev–Trinajstić information content (AvgIpc) is 3.13. The first-order chi connectivity index (χ1) is 13.0. The van der Waals surface area contributed by atoms with Crippen LogP contribution >= 0.6 is 0 Å². The Kier molecular flexibility index (Phi) is 7.50. The van der Waals surface area contributed by atoms with Crippen LogP contribution in [-0.4, -0.2) is 64.1 Å². The molecular weight excluding hydrogens is 352 g/mol. The maximum absolute atomic E-state index is 12.4. The molecular formula is C18H22N4O5. The standard InChI is InChI=1S/C18H22N4O5/c1-27-18(26)15(7-14-8-19-12-20-14)21-16(23)10-22(11-17(24)25)9-13-5-3-2-4-6-13/h2-6,8,12,15H,7,9-11H2,1H3,(H,19,20)(H,21,23)(H,24,25). The van der Waals surface area contributed by atoms with Crippen molar-refractivity contribution >= 4 is 17.8 Å². The highest BCUT2D eigenvalue weighted by Gasteiger charge is 2.24. The second kappa shape index (κ2) is 10.1. The number of benzene rings is 1. The Hall–Kier alpha value is -3.20. The molecule has 0 saturated carbocycles. The molecule has 9 nitrogen and oxygen atoms in total. The van der Waals surface area contributed by atoms with Gasteiger partial charge in [-0.2, -0.15) is 0 Å². The molecule has 1 atom stereocenters. The van der Waals surface area contributed by atoms with Crippen molar-refractivity contribution in [3.05, 3.63) is 54.1 Å². The summed E-state index contributed by atoms with van der Waals surface area (Å²) in [5, 5.41) is 11.7. The molecule has 0 saturated heterocycles. The summed E-state index contributed by atoms with van der Waals surface area (Å²) >= 11 is 0. The van der Waals surface area contributed by atoms with Gasteiger partial charge in [0.1, 0.15) is 6.04 Å². The van der Waals surface area contributed by atoms with Crippen molar-refractivity contribution in [3.63, 3.8) is 0 Å². The third-order valence-electron chi connectivity index (χ3n) is 3.76. The van der Waals surface area contributed by atoms with Crippen LogP contribution in [0.1, 0.15) is 11.3 Å². The van der Waals surface area contributed by atoms with E-state index in [1.54, 1.807) is 6.20 Å². The Bertz CT molecular complexity index is 748. The second-order valence-electron chi connectivity index (χ2n) is 5.93. The monoisotopic (exact) mass is 374 g/mol. The quantitative estimate of drug-likeness (QED) is 0.507. The highest BCUT2D eigenvalue weighted by molar-refractivity contribution is 5.86. The minimum absolute atomic E-state index is 0.166. The van der Waals surface area contributed by atoms with Crippen LogP contribution in [0.3, 0.4) is 0 Å². The molecule has 0 aliphatic rings. The van der Waals surface area contributed by atoms with Crippen molar-refractivity contribution in [3.8, 4) is 0 Å². The van der Waals surface area contributed by atoms with E-state index in [4.69, 9.17) is 9.84 Å². The van der Waals surface area contributed by atoms with Crippen molar-refractivity contribution in [1.82, 2.24) is 20.2 Å². The topological polar surface area (TPSA) is 125 Å². The van der Waals surface area contributed by atoms with Gasteiger partial charge in [0.25, 0.3) is 0 Å². The van der Waals surface area contributed by atoms with Crippen LogP contribution in [0.25, 0.3) is 0 Å². The van der Waals surface area contributed by atoms with Crippen molar-refractivity contribution < 1.29 is 24.2 Å². The normalized spacial score (nSPS) is 11.8. The SMILES string of the molecule is COC(=O)C(Cc1c[nH]cn1)NC(=O)CN(CC(=O)O)Cc1ccccc1. The van der Waals surface area contributed by atoms with Crippen LogP contribution in [0.5, 0.6) is 0 Å². The molecule has 1 amide bonds. The number of hydrogen-bond donors (Lipinski definition) is 3.